The predicted molar refractivity (Wildman–Crippen MR) is 125 cm³/mol. The first-order valence-corrected chi connectivity index (χ1v) is 11.2. The Balaban J connectivity index is 2.03. The van der Waals surface area contributed by atoms with Crippen LogP contribution in [0, 0.1) is 11.3 Å². The van der Waals surface area contributed by atoms with E-state index in [4.69, 9.17) is 9.47 Å². The monoisotopic (exact) mass is 522 g/mol. The molecule has 0 aliphatic rings. The van der Waals surface area contributed by atoms with E-state index in [1.165, 1.54) is 44.2 Å². The molecule has 2 rings (SSSR count). The zero-order valence-electron chi connectivity index (χ0n) is 20.1. The minimum absolute atomic E-state index is 0.00684. The molecular formula is C25H25F3N2O7. The number of Topliss-reactive ketones (excluding diaryl/α,β-unsaturated/α-hetero) is 1. The van der Waals surface area contributed by atoms with E-state index in [-0.39, 0.29) is 60.1 Å². The lowest BCUT2D eigenvalue weighted by atomic mass is 10.0. The molecule has 0 radical (unpaired) electrons. The Morgan fingerprint density at radius 1 is 1.08 bits per heavy atom. The molecule has 0 spiro atoms. The Labute approximate surface area is 210 Å². The van der Waals surface area contributed by atoms with E-state index in [2.05, 4.69) is 10.1 Å². The summed E-state index contributed by atoms with van der Waals surface area (Å²) in [6.07, 6.45) is -6.01. The summed E-state index contributed by atoms with van der Waals surface area (Å²) in [4.78, 5) is 35.1. The third-order valence-corrected chi connectivity index (χ3v) is 4.93. The lowest BCUT2D eigenvalue weighted by molar-refractivity contribution is -0.152. The number of nitrogens with zero attached hydrogens (tertiary/aromatic N) is 1. The molecule has 12 heteroatoms. The van der Waals surface area contributed by atoms with Crippen molar-refractivity contribution in [2.75, 3.05) is 25.1 Å². The topological polar surface area (TPSA) is 135 Å². The van der Waals surface area contributed by atoms with Gasteiger partial charge >= 0.3 is 18.1 Å². The van der Waals surface area contributed by atoms with Crippen LogP contribution in [0.25, 0.3) is 0 Å². The van der Waals surface area contributed by atoms with Gasteiger partial charge in [0.05, 0.1) is 31.1 Å². The van der Waals surface area contributed by atoms with Gasteiger partial charge in [0.2, 0.25) is 0 Å². The molecule has 2 aromatic carbocycles. The van der Waals surface area contributed by atoms with Gasteiger partial charge in [-0.3, -0.25) is 9.59 Å². The van der Waals surface area contributed by atoms with Crippen LogP contribution in [0.3, 0.4) is 0 Å². The number of ether oxygens (including phenoxy) is 3. The first kappa shape index (κ1) is 29.0. The first-order valence-electron chi connectivity index (χ1n) is 11.2. The van der Waals surface area contributed by atoms with Gasteiger partial charge in [0, 0.05) is 18.4 Å². The number of amides is 1. The maximum Gasteiger partial charge on any atom is 0.397 e. The number of nitriles is 1. The van der Waals surface area contributed by atoms with Gasteiger partial charge in [-0.05, 0) is 44.5 Å². The lowest BCUT2D eigenvalue weighted by Gasteiger charge is -2.16. The number of esters is 1. The third kappa shape index (κ3) is 8.42. The van der Waals surface area contributed by atoms with Crippen molar-refractivity contribution in [3.63, 3.8) is 0 Å². The second-order valence-corrected chi connectivity index (χ2v) is 7.63. The SMILES string of the molecule is CCOC(=O)C(=O)Nc1cccc(OCCCOc2ccc(C(C)=O)c(O)c2CCC(F)(F)F)c1C#N. The van der Waals surface area contributed by atoms with Gasteiger partial charge in [-0.2, -0.15) is 18.4 Å². The quantitative estimate of drug-likeness (QED) is 0.193. The number of rotatable bonds is 11. The predicted octanol–water partition coefficient (Wildman–Crippen LogP) is 4.31. The van der Waals surface area contributed by atoms with Crippen LogP contribution in [-0.2, 0) is 20.7 Å². The molecule has 0 saturated heterocycles. The van der Waals surface area contributed by atoms with Gasteiger partial charge in [-0.25, -0.2) is 4.79 Å². The Hall–Kier alpha value is -4.27. The van der Waals surface area contributed by atoms with Crippen molar-refractivity contribution >= 4 is 23.3 Å². The second-order valence-electron chi connectivity index (χ2n) is 7.63. The zero-order chi connectivity index (χ0) is 27.6. The third-order valence-electron chi connectivity index (χ3n) is 4.93. The smallest absolute Gasteiger partial charge is 0.397 e. The summed E-state index contributed by atoms with van der Waals surface area (Å²) in [5.74, 6) is -3.08. The Bertz CT molecular complexity index is 1190. The minimum atomic E-state index is -4.47. The van der Waals surface area contributed by atoms with Crippen LogP contribution in [0.15, 0.2) is 30.3 Å². The highest BCUT2D eigenvalue weighted by atomic mass is 19.4. The lowest BCUT2D eigenvalue weighted by Crippen LogP contribution is -2.25. The summed E-state index contributed by atoms with van der Waals surface area (Å²) in [5, 5.41) is 22.1. The van der Waals surface area contributed by atoms with E-state index in [0.717, 1.165) is 0 Å². The van der Waals surface area contributed by atoms with Crippen molar-refractivity contribution in [2.24, 2.45) is 0 Å². The van der Waals surface area contributed by atoms with Crippen LogP contribution in [0.4, 0.5) is 18.9 Å². The molecule has 2 aromatic rings. The number of phenols is 1. The number of aromatic hydroxyl groups is 1. The van der Waals surface area contributed by atoms with Crippen molar-refractivity contribution in [3.8, 4) is 23.3 Å². The number of hydrogen-bond donors (Lipinski definition) is 2. The normalized spacial score (nSPS) is 10.8. The molecule has 0 aliphatic heterocycles. The van der Waals surface area contributed by atoms with Gasteiger partial charge in [0.15, 0.2) is 5.78 Å². The average Bonchev–Trinajstić information content (AvgIpc) is 2.82. The number of nitrogens with one attached hydrogen (secondary N) is 1. The van der Waals surface area contributed by atoms with Crippen molar-refractivity contribution in [1.82, 2.24) is 0 Å². The van der Waals surface area contributed by atoms with E-state index in [9.17, 15) is 37.9 Å². The Morgan fingerprint density at radius 2 is 1.76 bits per heavy atom. The molecule has 0 aromatic heterocycles. The molecule has 0 bridgehead atoms. The molecule has 0 atom stereocenters. The van der Waals surface area contributed by atoms with Crippen LogP contribution in [-0.4, -0.2) is 48.8 Å². The molecule has 2 N–H and O–H groups in total. The van der Waals surface area contributed by atoms with Crippen LogP contribution in [0.1, 0.15) is 48.2 Å². The standard InChI is InChI=1S/C25H25F3N2O7/c1-3-35-24(34)23(33)30-19-6-4-7-20(18(19)14-29)36-12-5-13-37-21-9-8-16(15(2)31)22(32)17(21)10-11-25(26,27)28/h4,6-9,32H,3,5,10-13H2,1-2H3,(H,30,33). The maximum atomic E-state index is 12.7. The molecule has 9 nitrogen and oxygen atoms in total. The fourth-order valence-corrected chi connectivity index (χ4v) is 3.21. The number of ketones is 1. The van der Waals surface area contributed by atoms with E-state index in [0.29, 0.717) is 0 Å². The highest BCUT2D eigenvalue weighted by Gasteiger charge is 2.29. The highest BCUT2D eigenvalue weighted by Crippen LogP contribution is 2.35. The maximum absolute atomic E-state index is 12.7. The van der Waals surface area contributed by atoms with E-state index < -0.39 is 42.4 Å². The molecule has 0 saturated carbocycles. The number of phenolic OH excluding ortho intramolecular Hbond substituents is 1. The van der Waals surface area contributed by atoms with Gasteiger partial charge in [-0.1, -0.05) is 6.07 Å². The number of hydrogen-bond acceptors (Lipinski definition) is 8. The molecule has 37 heavy (non-hydrogen) atoms. The number of carbonyl (C=O) groups is 3. The molecule has 1 amide bonds. The van der Waals surface area contributed by atoms with Crippen LogP contribution in [0.2, 0.25) is 0 Å². The van der Waals surface area contributed by atoms with Crippen LogP contribution >= 0.6 is 0 Å². The largest absolute Gasteiger partial charge is 0.507 e. The molecule has 0 aliphatic carbocycles. The molecular weight excluding hydrogens is 497 g/mol. The fraction of sp³-hybridized carbons (Fsp3) is 0.360. The Morgan fingerprint density at radius 3 is 2.35 bits per heavy atom. The van der Waals surface area contributed by atoms with Gasteiger partial charge in [0.1, 0.15) is 28.9 Å². The number of benzene rings is 2. The fourth-order valence-electron chi connectivity index (χ4n) is 3.21. The van der Waals surface area contributed by atoms with E-state index in [1.54, 1.807) is 0 Å². The Kier molecular flexibility index (Phi) is 10.3. The average molecular weight is 522 g/mol. The molecule has 0 unspecified atom stereocenters. The van der Waals surface area contributed by atoms with Gasteiger partial charge in [0.25, 0.3) is 0 Å². The summed E-state index contributed by atoms with van der Waals surface area (Å²) in [5.41, 5.74) is -0.209. The van der Waals surface area contributed by atoms with Crippen molar-refractivity contribution < 1.29 is 46.9 Å². The zero-order valence-corrected chi connectivity index (χ0v) is 20.1. The second kappa shape index (κ2) is 13.2. The molecule has 198 valence electrons. The van der Waals surface area contributed by atoms with Crippen LogP contribution in [0.5, 0.6) is 17.2 Å². The number of alkyl halides is 3. The van der Waals surface area contributed by atoms with E-state index >= 15 is 0 Å². The summed E-state index contributed by atoms with van der Waals surface area (Å²) in [6.45, 7) is 2.75. The molecule has 0 fully saturated rings. The van der Waals surface area contributed by atoms with Crippen molar-refractivity contribution in [2.45, 2.75) is 39.3 Å². The number of anilines is 1. The summed E-state index contributed by atoms with van der Waals surface area (Å²) >= 11 is 0. The van der Waals surface area contributed by atoms with Gasteiger partial charge < -0.3 is 24.6 Å². The number of carbonyl (C=O) groups excluding carboxylic acids is 3. The summed E-state index contributed by atoms with van der Waals surface area (Å²) in [7, 11) is 0. The van der Waals surface area contributed by atoms with Crippen molar-refractivity contribution in [3.05, 3.63) is 47.0 Å². The van der Waals surface area contributed by atoms with Gasteiger partial charge in [-0.15, -0.1) is 0 Å². The molecule has 0 heterocycles. The first-order chi connectivity index (χ1) is 17.5. The van der Waals surface area contributed by atoms with Crippen LogP contribution < -0.4 is 14.8 Å². The minimum Gasteiger partial charge on any atom is -0.507 e. The van der Waals surface area contributed by atoms with Crippen molar-refractivity contribution in [1.29, 1.82) is 5.26 Å². The number of halogens is 3. The summed E-state index contributed by atoms with van der Waals surface area (Å²) in [6, 6.07) is 8.88. The summed E-state index contributed by atoms with van der Waals surface area (Å²) < 4.78 is 53.9. The highest BCUT2D eigenvalue weighted by molar-refractivity contribution is 6.37. The van der Waals surface area contributed by atoms with E-state index in [1.807, 2.05) is 6.07 Å².